The van der Waals surface area contributed by atoms with Gasteiger partial charge in [-0.1, -0.05) is 12.1 Å². The molecule has 6 nitrogen and oxygen atoms in total. The first kappa shape index (κ1) is 17.4. The number of aliphatic hydroxyl groups is 1. The molecule has 0 unspecified atom stereocenters. The van der Waals surface area contributed by atoms with Crippen LogP contribution in [0.5, 0.6) is 5.88 Å². The van der Waals surface area contributed by atoms with Gasteiger partial charge in [0.15, 0.2) is 0 Å². The molecule has 2 aromatic rings. The van der Waals surface area contributed by atoms with Gasteiger partial charge < -0.3 is 19.7 Å². The first-order valence-electron chi connectivity index (χ1n) is 8.39. The van der Waals surface area contributed by atoms with Crippen LogP contribution in [0.25, 0.3) is 0 Å². The number of amides is 1. The molecule has 3 rings (SSSR count). The third kappa shape index (κ3) is 3.99. The molecular formula is C18H21FN2O4. The molecule has 0 spiro atoms. The Morgan fingerprint density at radius 2 is 2.20 bits per heavy atom. The van der Waals surface area contributed by atoms with Crippen molar-refractivity contribution >= 4 is 5.91 Å². The van der Waals surface area contributed by atoms with Gasteiger partial charge in [0.05, 0.1) is 18.3 Å². The van der Waals surface area contributed by atoms with Crippen molar-refractivity contribution in [2.45, 2.75) is 44.2 Å². The second-order valence-electron chi connectivity index (χ2n) is 6.25. The maximum atomic E-state index is 13.4. The highest BCUT2D eigenvalue weighted by atomic mass is 19.1. The Morgan fingerprint density at radius 1 is 1.44 bits per heavy atom. The fourth-order valence-corrected chi connectivity index (χ4v) is 3.14. The van der Waals surface area contributed by atoms with Gasteiger partial charge in [-0.2, -0.15) is 0 Å². The largest absolute Gasteiger partial charge is 0.476 e. The SMILES string of the molecule is CCOc1cc(C(=O)NC2CCC(O)(c3cccc(F)c3)CC2)on1. The summed E-state index contributed by atoms with van der Waals surface area (Å²) in [6.07, 6.45) is 2.07. The van der Waals surface area contributed by atoms with Crippen molar-refractivity contribution in [3.63, 3.8) is 0 Å². The molecular weight excluding hydrogens is 327 g/mol. The summed E-state index contributed by atoms with van der Waals surface area (Å²) in [5.74, 6) is -0.359. The van der Waals surface area contributed by atoms with Gasteiger partial charge in [-0.15, -0.1) is 0 Å². The van der Waals surface area contributed by atoms with E-state index in [1.54, 1.807) is 12.1 Å². The predicted molar refractivity (Wildman–Crippen MR) is 87.7 cm³/mol. The Labute approximate surface area is 145 Å². The number of halogens is 1. The second-order valence-corrected chi connectivity index (χ2v) is 6.25. The topological polar surface area (TPSA) is 84.6 Å². The molecule has 1 fully saturated rings. The summed E-state index contributed by atoms with van der Waals surface area (Å²) >= 11 is 0. The van der Waals surface area contributed by atoms with E-state index >= 15 is 0 Å². The average molecular weight is 348 g/mol. The number of nitrogens with one attached hydrogen (secondary N) is 1. The van der Waals surface area contributed by atoms with E-state index in [0.717, 1.165) is 0 Å². The van der Waals surface area contributed by atoms with Gasteiger partial charge in [0.1, 0.15) is 5.82 Å². The molecule has 0 aliphatic heterocycles. The highest BCUT2D eigenvalue weighted by Crippen LogP contribution is 2.37. The van der Waals surface area contributed by atoms with E-state index in [0.29, 0.717) is 37.9 Å². The summed E-state index contributed by atoms with van der Waals surface area (Å²) in [4.78, 5) is 12.2. The Morgan fingerprint density at radius 3 is 2.88 bits per heavy atom. The van der Waals surface area contributed by atoms with E-state index in [1.807, 2.05) is 6.92 Å². The molecule has 1 saturated carbocycles. The van der Waals surface area contributed by atoms with Crippen LogP contribution < -0.4 is 10.1 Å². The average Bonchev–Trinajstić information content (AvgIpc) is 3.06. The molecule has 2 N–H and O–H groups in total. The smallest absolute Gasteiger partial charge is 0.290 e. The van der Waals surface area contributed by atoms with Crippen LogP contribution in [-0.2, 0) is 5.60 Å². The zero-order valence-electron chi connectivity index (χ0n) is 14.0. The van der Waals surface area contributed by atoms with E-state index < -0.39 is 5.60 Å². The van der Waals surface area contributed by atoms with Gasteiger partial charge in [-0.25, -0.2) is 4.39 Å². The number of ether oxygens (including phenoxy) is 1. The van der Waals surface area contributed by atoms with Gasteiger partial charge >= 0.3 is 0 Å². The van der Waals surface area contributed by atoms with Crippen molar-refractivity contribution in [3.05, 3.63) is 47.5 Å². The van der Waals surface area contributed by atoms with Crippen LogP contribution in [0.4, 0.5) is 4.39 Å². The van der Waals surface area contributed by atoms with Crippen molar-refractivity contribution in [3.8, 4) is 5.88 Å². The number of carbonyl (C=O) groups excluding carboxylic acids is 1. The van der Waals surface area contributed by atoms with Crippen LogP contribution in [0.15, 0.2) is 34.9 Å². The van der Waals surface area contributed by atoms with Crippen molar-refractivity contribution in [2.75, 3.05) is 6.61 Å². The number of nitrogens with zero attached hydrogens (tertiary/aromatic N) is 1. The number of carbonyl (C=O) groups is 1. The van der Waals surface area contributed by atoms with Crippen LogP contribution in [0.3, 0.4) is 0 Å². The molecule has 25 heavy (non-hydrogen) atoms. The number of rotatable bonds is 5. The molecule has 1 aromatic heterocycles. The van der Waals surface area contributed by atoms with E-state index in [2.05, 4.69) is 10.5 Å². The Kier molecular flexibility index (Phi) is 5.03. The van der Waals surface area contributed by atoms with Gasteiger partial charge in [0.25, 0.3) is 11.8 Å². The number of hydrogen-bond donors (Lipinski definition) is 2. The van der Waals surface area contributed by atoms with Crippen LogP contribution in [-0.4, -0.2) is 28.8 Å². The third-order valence-electron chi connectivity index (χ3n) is 4.51. The fraction of sp³-hybridized carbons (Fsp3) is 0.444. The van der Waals surface area contributed by atoms with Crippen molar-refractivity contribution in [2.24, 2.45) is 0 Å². The first-order valence-corrected chi connectivity index (χ1v) is 8.39. The maximum absolute atomic E-state index is 13.4. The van der Waals surface area contributed by atoms with E-state index in [9.17, 15) is 14.3 Å². The lowest BCUT2D eigenvalue weighted by Crippen LogP contribution is -2.42. The van der Waals surface area contributed by atoms with E-state index in [1.165, 1.54) is 18.2 Å². The molecule has 0 bridgehead atoms. The molecule has 0 radical (unpaired) electrons. The summed E-state index contributed by atoms with van der Waals surface area (Å²) in [5, 5.41) is 17.3. The lowest BCUT2D eigenvalue weighted by molar-refractivity contribution is -0.00838. The summed E-state index contributed by atoms with van der Waals surface area (Å²) in [5.41, 5.74) is -0.480. The first-order chi connectivity index (χ1) is 12.0. The lowest BCUT2D eigenvalue weighted by atomic mass is 9.77. The van der Waals surface area contributed by atoms with Gasteiger partial charge in [0, 0.05) is 6.04 Å². The molecule has 1 aliphatic rings. The number of benzene rings is 1. The quantitative estimate of drug-likeness (QED) is 0.868. The molecule has 1 heterocycles. The monoisotopic (exact) mass is 348 g/mol. The van der Waals surface area contributed by atoms with Crippen LogP contribution >= 0.6 is 0 Å². The summed E-state index contributed by atoms with van der Waals surface area (Å²) < 4.78 is 23.5. The zero-order chi connectivity index (χ0) is 17.9. The van der Waals surface area contributed by atoms with Crippen LogP contribution in [0.1, 0.15) is 48.7 Å². The highest BCUT2D eigenvalue weighted by molar-refractivity contribution is 5.91. The Balaban J connectivity index is 1.57. The predicted octanol–water partition coefficient (Wildman–Crippen LogP) is 2.77. The summed E-state index contributed by atoms with van der Waals surface area (Å²) in [6, 6.07) is 7.41. The lowest BCUT2D eigenvalue weighted by Gasteiger charge is -2.36. The Bertz CT molecular complexity index is 738. The third-order valence-corrected chi connectivity index (χ3v) is 4.51. The van der Waals surface area contributed by atoms with Crippen LogP contribution in [0, 0.1) is 5.82 Å². The van der Waals surface area contributed by atoms with Crippen molar-refractivity contribution in [1.29, 1.82) is 0 Å². The Hall–Kier alpha value is -2.41. The van der Waals surface area contributed by atoms with Crippen LogP contribution in [0.2, 0.25) is 0 Å². The van der Waals surface area contributed by atoms with Gasteiger partial charge in [-0.3, -0.25) is 4.79 Å². The van der Waals surface area contributed by atoms with Gasteiger partial charge in [-0.05, 0) is 55.5 Å². The summed E-state index contributed by atoms with van der Waals surface area (Å²) in [6.45, 7) is 2.26. The van der Waals surface area contributed by atoms with Crippen molar-refractivity contribution < 1.29 is 23.6 Å². The molecule has 1 amide bonds. The molecule has 1 aromatic carbocycles. The van der Waals surface area contributed by atoms with Gasteiger partial charge in [0.2, 0.25) is 5.76 Å². The van der Waals surface area contributed by atoms with Crippen molar-refractivity contribution in [1.82, 2.24) is 10.5 Å². The molecule has 7 heteroatoms. The fourth-order valence-electron chi connectivity index (χ4n) is 3.14. The number of hydrogen-bond acceptors (Lipinski definition) is 5. The molecule has 0 saturated heterocycles. The minimum atomic E-state index is -1.06. The standard InChI is InChI=1S/C18H21FN2O4/c1-2-24-16-11-15(25-21-16)17(22)20-14-6-8-18(23,9-7-14)12-4-3-5-13(19)10-12/h3-5,10-11,14,23H,2,6-9H2,1H3,(H,20,22). The normalized spacial score (nSPS) is 23.2. The second kappa shape index (κ2) is 7.23. The number of aromatic nitrogens is 1. The highest BCUT2D eigenvalue weighted by Gasteiger charge is 2.35. The minimum absolute atomic E-state index is 0.0815. The molecule has 134 valence electrons. The molecule has 0 atom stereocenters. The zero-order valence-corrected chi connectivity index (χ0v) is 14.0. The maximum Gasteiger partial charge on any atom is 0.290 e. The minimum Gasteiger partial charge on any atom is -0.476 e. The summed E-state index contributed by atoms with van der Waals surface area (Å²) in [7, 11) is 0. The molecule has 1 aliphatic carbocycles. The van der Waals surface area contributed by atoms with E-state index in [-0.39, 0.29) is 29.4 Å². The van der Waals surface area contributed by atoms with E-state index in [4.69, 9.17) is 9.26 Å².